The van der Waals surface area contributed by atoms with E-state index in [1.807, 2.05) is 6.92 Å². The van der Waals surface area contributed by atoms with Gasteiger partial charge in [0.25, 0.3) is 29.5 Å². The quantitative estimate of drug-likeness (QED) is 0.0320. The standard InChI is InChI=1S/C59H77N23O13/c1-12-19-60-43(83)17-20-62-54(90)50-71-40(32-81(50)10)73-53(89)37-24-33(27-77(37)6)64-47(87)18-21-63-55(91)49-70-39(31-80(49)9)72-52(88)36(67-58(94)95-59(2,3)4)13-14-45(85)74-41-26-35(29-79(41)8)66-57(93)51-69-38(30-82(51)11)68-44(84)15-16-46(86)75-42-25-34(28-78(42)7)65-56(92)48-61-22-23-76(48)5/h22-32,36H,12-21H2,1-11H3,(H,60,83)(H,62,90)(H,63,91)(H,64,87)(H,65,92)(H,66,93)(H,67,94)(H,68,84)(H,72,88)(H,73,89)(H,74,85)(H,75,86)/t36-/m1/s1. The Labute approximate surface area is 543 Å². The van der Waals surface area contributed by atoms with Crippen LogP contribution in [-0.4, -0.2) is 154 Å². The van der Waals surface area contributed by atoms with Gasteiger partial charge in [-0.3, -0.25) is 52.7 Å². The number of amides is 12. The lowest BCUT2D eigenvalue weighted by molar-refractivity contribution is -0.121. The van der Waals surface area contributed by atoms with Gasteiger partial charge in [-0.15, -0.1) is 0 Å². The van der Waals surface area contributed by atoms with E-state index < -0.39 is 76.8 Å². The van der Waals surface area contributed by atoms with Gasteiger partial charge in [0, 0.05) is 163 Å². The van der Waals surface area contributed by atoms with Crippen LogP contribution >= 0.6 is 0 Å². The van der Waals surface area contributed by atoms with Crippen LogP contribution in [0, 0.1) is 0 Å². The highest BCUT2D eigenvalue weighted by Crippen LogP contribution is 2.22. The van der Waals surface area contributed by atoms with E-state index in [-0.39, 0.29) is 121 Å². The second-order valence-electron chi connectivity index (χ2n) is 22.9. The molecule has 0 aliphatic carbocycles. The number of rotatable bonds is 29. The first-order valence-corrected chi connectivity index (χ1v) is 29.8. The van der Waals surface area contributed by atoms with Crippen LogP contribution in [-0.2, 0) is 82.8 Å². The van der Waals surface area contributed by atoms with Gasteiger partial charge in [0.15, 0.2) is 23.3 Å². The number of nitrogens with one attached hydrogen (secondary N) is 12. The second kappa shape index (κ2) is 31.4. The fourth-order valence-electron chi connectivity index (χ4n) is 9.09. The zero-order chi connectivity index (χ0) is 69.4. The summed E-state index contributed by atoms with van der Waals surface area (Å²) in [7, 11) is 11.1. The lowest BCUT2D eigenvalue weighted by Crippen LogP contribution is -2.46. The molecule has 36 nitrogen and oxygen atoms in total. The van der Waals surface area contributed by atoms with Crippen molar-refractivity contribution in [3.8, 4) is 0 Å². The molecule has 0 aliphatic heterocycles. The molecular formula is C59H77N23O13. The smallest absolute Gasteiger partial charge is 0.408 e. The maximum atomic E-state index is 13.8. The van der Waals surface area contributed by atoms with Crippen LogP contribution in [0.25, 0.3) is 0 Å². The number of aromatic nitrogens is 11. The number of carbonyl (C=O) groups is 12. The van der Waals surface area contributed by atoms with Crippen molar-refractivity contribution in [3.63, 3.8) is 0 Å². The molecule has 0 saturated heterocycles. The molecular weight excluding hydrogens is 1240 g/mol. The minimum atomic E-state index is -1.37. The third kappa shape index (κ3) is 20.3. The molecule has 0 bridgehead atoms. The van der Waals surface area contributed by atoms with Gasteiger partial charge in [0.1, 0.15) is 29.0 Å². The van der Waals surface area contributed by atoms with Crippen LogP contribution in [0.1, 0.15) is 126 Å². The van der Waals surface area contributed by atoms with Crippen molar-refractivity contribution in [2.75, 3.05) is 62.2 Å². The van der Waals surface area contributed by atoms with Crippen molar-refractivity contribution < 1.29 is 62.3 Å². The predicted molar refractivity (Wildman–Crippen MR) is 345 cm³/mol. The molecule has 7 rings (SSSR count). The molecule has 7 heterocycles. The number of carbonyl (C=O) groups excluding carboxylic acids is 12. The summed E-state index contributed by atoms with van der Waals surface area (Å²) in [5.41, 5.74) is 0.122. The third-order valence-corrected chi connectivity index (χ3v) is 13.7. The Balaban J connectivity index is 0.849. The van der Waals surface area contributed by atoms with Crippen molar-refractivity contribution in [2.45, 2.75) is 84.3 Å². The number of hydrogen-bond acceptors (Lipinski definition) is 17. The third-order valence-electron chi connectivity index (χ3n) is 13.7. The maximum absolute atomic E-state index is 13.8. The molecule has 506 valence electrons. The fourth-order valence-corrected chi connectivity index (χ4v) is 9.09. The maximum Gasteiger partial charge on any atom is 0.408 e. The molecule has 36 heteroatoms. The summed E-state index contributed by atoms with van der Waals surface area (Å²) in [6, 6.07) is 3.08. The van der Waals surface area contributed by atoms with Crippen LogP contribution in [0.2, 0.25) is 0 Å². The Hall–Kier alpha value is -11.9. The molecule has 12 N–H and O–H groups in total. The number of aryl methyl sites for hydroxylation is 7. The van der Waals surface area contributed by atoms with Crippen molar-refractivity contribution in [2.24, 2.45) is 49.3 Å². The first kappa shape index (κ1) is 70.6. The van der Waals surface area contributed by atoms with Crippen LogP contribution in [0.5, 0.6) is 0 Å². The molecule has 0 unspecified atom stereocenters. The Morgan fingerprint density at radius 2 is 0.905 bits per heavy atom. The molecule has 7 aromatic heterocycles. The fraction of sp³-hybridized carbons (Fsp3) is 0.390. The highest BCUT2D eigenvalue weighted by molar-refractivity contribution is 6.06. The number of hydrogen-bond donors (Lipinski definition) is 12. The van der Waals surface area contributed by atoms with E-state index >= 15 is 0 Å². The molecule has 95 heavy (non-hydrogen) atoms. The van der Waals surface area contributed by atoms with Crippen LogP contribution in [0.3, 0.4) is 0 Å². The van der Waals surface area contributed by atoms with Gasteiger partial charge in [-0.05, 0) is 39.7 Å². The van der Waals surface area contributed by atoms with Crippen molar-refractivity contribution in [3.05, 3.63) is 96.8 Å². The molecule has 0 aliphatic rings. The molecule has 0 aromatic carbocycles. The molecule has 7 aromatic rings. The van der Waals surface area contributed by atoms with Crippen LogP contribution < -0.4 is 63.8 Å². The zero-order valence-corrected chi connectivity index (χ0v) is 54.2. The Bertz CT molecular complexity index is 4050. The lowest BCUT2D eigenvalue weighted by atomic mass is 10.1. The highest BCUT2D eigenvalue weighted by atomic mass is 16.6. The SMILES string of the molecule is CCCNC(=O)CCNC(=O)c1nc(NC(=O)c2cc(NC(=O)CCNC(=O)c3nc(NC(=O)[C@@H](CCC(=O)Nc4cc(NC(=O)c5nc(NC(=O)CCC(=O)Nc6cc(NC(=O)c7nccn7C)cn6C)cn5C)cn4C)NC(=O)OC(C)(C)C)cn3C)cn2C)cn1C. The monoisotopic (exact) mass is 1320 g/mol. The average Bonchev–Trinajstić information content (AvgIpc) is 1.74. The van der Waals surface area contributed by atoms with Crippen molar-refractivity contribution >= 4 is 117 Å². The minimum Gasteiger partial charge on any atom is -0.444 e. The number of imidazole rings is 4. The highest BCUT2D eigenvalue weighted by Gasteiger charge is 2.28. The number of nitrogens with zero attached hydrogens (tertiary/aromatic N) is 11. The number of anilines is 8. The summed E-state index contributed by atoms with van der Waals surface area (Å²) in [4.78, 5) is 173. The van der Waals surface area contributed by atoms with Crippen molar-refractivity contribution in [1.29, 1.82) is 0 Å². The molecule has 0 fully saturated rings. The molecule has 12 amide bonds. The first-order valence-electron chi connectivity index (χ1n) is 29.8. The van der Waals surface area contributed by atoms with E-state index in [9.17, 15) is 57.5 Å². The van der Waals surface area contributed by atoms with E-state index in [2.05, 4.69) is 83.7 Å². The van der Waals surface area contributed by atoms with Gasteiger partial charge >= 0.3 is 6.09 Å². The molecule has 1 atom stereocenters. The summed E-state index contributed by atoms with van der Waals surface area (Å²) in [5.74, 6) is -5.48. The average molecular weight is 1320 g/mol. The number of alkyl carbamates (subject to hydrolysis) is 1. The van der Waals surface area contributed by atoms with Crippen LogP contribution in [0.15, 0.2) is 67.8 Å². The summed E-state index contributed by atoms with van der Waals surface area (Å²) < 4.78 is 15.6. The van der Waals surface area contributed by atoms with Crippen molar-refractivity contribution in [1.82, 2.24) is 73.2 Å². The first-order chi connectivity index (χ1) is 44.9. The largest absolute Gasteiger partial charge is 0.444 e. The van der Waals surface area contributed by atoms with E-state index in [1.165, 1.54) is 86.2 Å². The normalized spacial score (nSPS) is 11.4. The van der Waals surface area contributed by atoms with Gasteiger partial charge in [-0.2, -0.15) is 0 Å². The van der Waals surface area contributed by atoms with E-state index in [4.69, 9.17) is 4.74 Å². The summed E-state index contributed by atoms with van der Waals surface area (Å²) in [6.07, 6.45) is 10.6. The van der Waals surface area contributed by atoms with E-state index in [1.54, 1.807) is 83.6 Å². The second-order valence-corrected chi connectivity index (χ2v) is 22.9. The van der Waals surface area contributed by atoms with E-state index in [0.29, 0.717) is 18.1 Å². The van der Waals surface area contributed by atoms with E-state index in [0.717, 1.165) is 6.42 Å². The zero-order valence-electron chi connectivity index (χ0n) is 54.2. The molecule has 0 radical (unpaired) electrons. The Kier molecular flexibility index (Phi) is 23.4. The van der Waals surface area contributed by atoms with Gasteiger partial charge in [-0.25, -0.2) is 24.7 Å². The van der Waals surface area contributed by atoms with Crippen LogP contribution in [0.4, 0.5) is 50.9 Å². The summed E-state index contributed by atoms with van der Waals surface area (Å²) in [5, 5.41) is 31.7. The van der Waals surface area contributed by atoms with Gasteiger partial charge < -0.3 is 101 Å². The number of ether oxygens (including phenoxy) is 1. The topological polar surface area (TPSA) is 444 Å². The Morgan fingerprint density at radius 1 is 0.442 bits per heavy atom. The molecule has 0 saturated carbocycles. The minimum absolute atomic E-state index is 0.00266. The molecule has 0 spiro atoms. The van der Waals surface area contributed by atoms with Gasteiger partial charge in [0.05, 0.1) is 17.1 Å². The summed E-state index contributed by atoms with van der Waals surface area (Å²) >= 11 is 0. The lowest BCUT2D eigenvalue weighted by Gasteiger charge is -2.23. The van der Waals surface area contributed by atoms with Gasteiger partial charge in [-0.1, -0.05) is 6.92 Å². The Morgan fingerprint density at radius 3 is 1.43 bits per heavy atom. The summed E-state index contributed by atoms with van der Waals surface area (Å²) in [6.45, 7) is 7.26. The predicted octanol–water partition coefficient (Wildman–Crippen LogP) is 2.41. The van der Waals surface area contributed by atoms with Gasteiger partial charge in [0.2, 0.25) is 52.9 Å².